The summed E-state index contributed by atoms with van der Waals surface area (Å²) in [5.41, 5.74) is -0.137. The van der Waals surface area contributed by atoms with Gasteiger partial charge in [0.25, 0.3) is 0 Å². The van der Waals surface area contributed by atoms with Crippen molar-refractivity contribution in [2.45, 2.75) is 12.3 Å². The highest BCUT2D eigenvalue weighted by Crippen LogP contribution is 2.46. The quantitative estimate of drug-likeness (QED) is 0.513. The van der Waals surface area contributed by atoms with E-state index in [1.54, 1.807) is 0 Å². The zero-order chi connectivity index (χ0) is 14.1. The van der Waals surface area contributed by atoms with Crippen LogP contribution in [-0.4, -0.2) is 24.7 Å². The third-order valence-electron chi connectivity index (χ3n) is 1.99. The number of aromatic hydroxyl groups is 1. The van der Waals surface area contributed by atoms with Crippen molar-refractivity contribution in [1.82, 2.24) is 0 Å². The van der Waals surface area contributed by atoms with Gasteiger partial charge in [-0.15, -0.1) is 0 Å². The molecule has 0 atom stereocenters. The fraction of sp³-hybridized carbons (Fsp3) is 0.250. The van der Waals surface area contributed by atoms with Crippen molar-refractivity contribution in [2.24, 2.45) is 0 Å². The Bertz CT molecular complexity index is 501. The molecule has 7 nitrogen and oxygen atoms in total. The molecule has 10 heteroatoms. The second-order valence-corrected chi connectivity index (χ2v) is 7.93. The average molecular weight is 361 g/mol. The van der Waals surface area contributed by atoms with Gasteiger partial charge in [0, 0.05) is 15.6 Å². The van der Waals surface area contributed by atoms with E-state index in [1.807, 2.05) is 0 Å². The lowest BCUT2D eigenvalue weighted by Gasteiger charge is -2.12. The molecule has 0 radical (unpaired) electrons. The molecule has 0 bridgehead atoms. The van der Waals surface area contributed by atoms with Crippen molar-refractivity contribution in [3.8, 4) is 5.75 Å². The highest BCUT2D eigenvalue weighted by molar-refractivity contribution is 9.10. The maximum Gasteiger partial charge on any atom is 0.330 e. The number of phenolic OH excluding ortho intramolecular Hbond substituents is 1. The maximum atomic E-state index is 10.9. The van der Waals surface area contributed by atoms with Crippen molar-refractivity contribution in [1.29, 1.82) is 0 Å². The zero-order valence-electron chi connectivity index (χ0n) is 8.89. The smallest absolute Gasteiger partial charge is 0.330 e. The highest BCUT2D eigenvalue weighted by Gasteiger charge is 2.22. The van der Waals surface area contributed by atoms with Crippen LogP contribution in [0.5, 0.6) is 5.75 Å². The Balaban J connectivity index is 3.22. The van der Waals surface area contributed by atoms with Gasteiger partial charge in [0.2, 0.25) is 0 Å². The SMILES string of the molecule is O=P(O)(O)Cc1cc(Br)cc(CP(=O)(O)O)c1O. The first-order chi connectivity index (χ1) is 7.98. The molecule has 0 saturated carbocycles. The molecule has 0 spiro atoms. The van der Waals surface area contributed by atoms with Crippen LogP contribution in [0, 0.1) is 0 Å². The molecule has 18 heavy (non-hydrogen) atoms. The Labute approximate surface area is 111 Å². The van der Waals surface area contributed by atoms with Crippen LogP contribution in [0.4, 0.5) is 0 Å². The molecule has 0 aromatic heterocycles. The Hall–Kier alpha value is -0.200. The molecule has 5 N–H and O–H groups in total. The third kappa shape index (κ3) is 5.20. The number of phenols is 1. The van der Waals surface area contributed by atoms with Crippen molar-refractivity contribution < 1.29 is 33.8 Å². The minimum atomic E-state index is -4.38. The normalized spacial score (nSPS) is 12.7. The standard InChI is InChI=1S/C8H11BrO7P2/c9-7-1-5(3-17(11,12)13)8(10)6(2-7)4-18(14,15)16/h1-2,10H,3-4H2,(H2,11,12,13)(H2,14,15,16). The summed E-state index contributed by atoms with van der Waals surface area (Å²) >= 11 is 3.05. The van der Waals surface area contributed by atoms with Gasteiger partial charge in [-0.25, -0.2) is 0 Å². The van der Waals surface area contributed by atoms with E-state index in [1.165, 1.54) is 12.1 Å². The van der Waals surface area contributed by atoms with Gasteiger partial charge in [-0.1, -0.05) is 15.9 Å². The summed E-state index contributed by atoms with van der Waals surface area (Å²) < 4.78 is 22.1. The molecule has 0 aliphatic carbocycles. The van der Waals surface area contributed by atoms with E-state index >= 15 is 0 Å². The summed E-state index contributed by atoms with van der Waals surface area (Å²) in [6, 6.07) is 2.58. The molecule has 1 aromatic rings. The molecule has 0 heterocycles. The van der Waals surface area contributed by atoms with Gasteiger partial charge in [-0.05, 0) is 12.1 Å². The molecule has 1 rings (SSSR count). The largest absolute Gasteiger partial charge is 0.507 e. The predicted molar refractivity (Wildman–Crippen MR) is 67.3 cm³/mol. The van der Waals surface area contributed by atoms with Crippen LogP contribution in [0.25, 0.3) is 0 Å². The first-order valence-electron chi connectivity index (χ1n) is 4.57. The minimum Gasteiger partial charge on any atom is -0.507 e. The maximum absolute atomic E-state index is 10.9. The number of benzene rings is 1. The van der Waals surface area contributed by atoms with Crippen molar-refractivity contribution in [3.63, 3.8) is 0 Å². The van der Waals surface area contributed by atoms with Gasteiger partial charge >= 0.3 is 15.2 Å². The number of rotatable bonds is 4. The summed E-state index contributed by atoms with van der Waals surface area (Å²) in [5, 5.41) is 9.73. The molecular formula is C8H11BrO7P2. The highest BCUT2D eigenvalue weighted by atomic mass is 79.9. The molecule has 0 fully saturated rings. The Morgan fingerprint density at radius 2 is 1.28 bits per heavy atom. The van der Waals surface area contributed by atoms with E-state index < -0.39 is 33.3 Å². The van der Waals surface area contributed by atoms with Crippen LogP contribution < -0.4 is 0 Å². The fourth-order valence-electron chi connectivity index (χ4n) is 1.40. The number of hydrogen-bond acceptors (Lipinski definition) is 3. The van der Waals surface area contributed by atoms with Crippen LogP contribution in [-0.2, 0) is 21.5 Å². The lowest BCUT2D eigenvalue weighted by atomic mass is 10.1. The Morgan fingerprint density at radius 1 is 0.944 bits per heavy atom. The molecule has 1 aromatic carbocycles. The fourth-order valence-corrected chi connectivity index (χ4v) is 3.32. The van der Waals surface area contributed by atoms with Gasteiger partial charge < -0.3 is 24.7 Å². The van der Waals surface area contributed by atoms with Crippen LogP contribution in [0.2, 0.25) is 0 Å². The van der Waals surface area contributed by atoms with Gasteiger partial charge in [0.1, 0.15) is 5.75 Å². The van der Waals surface area contributed by atoms with Gasteiger partial charge in [0.05, 0.1) is 12.3 Å². The molecule has 0 amide bonds. The predicted octanol–water partition coefficient (Wildman–Crippen LogP) is 1.51. The van der Waals surface area contributed by atoms with Gasteiger partial charge in [-0.3, -0.25) is 9.13 Å². The zero-order valence-corrected chi connectivity index (χ0v) is 12.3. The van der Waals surface area contributed by atoms with Crippen LogP contribution in [0.3, 0.4) is 0 Å². The average Bonchev–Trinajstić information content (AvgIpc) is 2.07. The summed E-state index contributed by atoms with van der Waals surface area (Å²) in [5.74, 6) is -0.509. The Morgan fingerprint density at radius 3 is 1.56 bits per heavy atom. The summed E-state index contributed by atoms with van der Waals surface area (Å²) in [4.78, 5) is 35.4. The summed E-state index contributed by atoms with van der Waals surface area (Å²) in [6.07, 6.45) is -1.40. The minimum absolute atomic E-state index is 0.0684. The second-order valence-electron chi connectivity index (χ2n) is 3.72. The Kier molecular flexibility index (Phi) is 4.78. The van der Waals surface area contributed by atoms with Gasteiger partial charge in [-0.2, -0.15) is 0 Å². The topological polar surface area (TPSA) is 135 Å². The van der Waals surface area contributed by atoms with Gasteiger partial charge in [0.15, 0.2) is 0 Å². The van der Waals surface area contributed by atoms with E-state index in [4.69, 9.17) is 19.6 Å². The van der Waals surface area contributed by atoms with E-state index in [0.717, 1.165) is 0 Å². The molecule has 102 valence electrons. The van der Waals surface area contributed by atoms with E-state index in [9.17, 15) is 14.2 Å². The molecular weight excluding hydrogens is 350 g/mol. The lowest BCUT2D eigenvalue weighted by molar-refractivity contribution is 0.369. The third-order valence-corrected chi connectivity index (χ3v) is 3.95. The van der Waals surface area contributed by atoms with Crippen molar-refractivity contribution >= 4 is 31.1 Å². The van der Waals surface area contributed by atoms with Crippen LogP contribution >= 0.6 is 31.1 Å². The molecule has 0 aliphatic rings. The number of halogens is 1. The van der Waals surface area contributed by atoms with E-state index in [2.05, 4.69) is 15.9 Å². The van der Waals surface area contributed by atoms with Crippen molar-refractivity contribution in [3.05, 3.63) is 27.7 Å². The van der Waals surface area contributed by atoms with Crippen LogP contribution in [0.15, 0.2) is 16.6 Å². The van der Waals surface area contributed by atoms with Crippen LogP contribution in [0.1, 0.15) is 11.1 Å². The number of hydrogen-bond donors (Lipinski definition) is 5. The van der Waals surface area contributed by atoms with Crippen molar-refractivity contribution in [2.75, 3.05) is 0 Å². The molecule has 0 aliphatic heterocycles. The summed E-state index contributed by atoms with van der Waals surface area (Å²) in [6.45, 7) is 0. The lowest BCUT2D eigenvalue weighted by Crippen LogP contribution is -1.94. The first-order valence-corrected chi connectivity index (χ1v) is 8.96. The van der Waals surface area contributed by atoms with E-state index in [0.29, 0.717) is 4.47 Å². The first kappa shape index (κ1) is 15.9. The second kappa shape index (κ2) is 5.43. The van der Waals surface area contributed by atoms with E-state index in [-0.39, 0.29) is 11.1 Å². The summed E-state index contributed by atoms with van der Waals surface area (Å²) in [7, 11) is -8.76. The monoisotopic (exact) mass is 360 g/mol. The molecule has 0 saturated heterocycles. The molecule has 0 unspecified atom stereocenters.